The lowest BCUT2D eigenvalue weighted by Gasteiger charge is -2.16. The van der Waals surface area contributed by atoms with Gasteiger partial charge in [-0.15, -0.1) is 0 Å². The molecule has 0 radical (unpaired) electrons. The number of nitrogens with zero attached hydrogens (tertiary/aromatic N) is 2. The summed E-state index contributed by atoms with van der Waals surface area (Å²) in [5.41, 5.74) is 6.67. The Hall–Kier alpha value is -1.58. The zero-order valence-electron chi connectivity index (χ0n) is 8.10. The molecular formula is C10H13N3O. The highest BCUT2D eigenvalue weighted by atomic mass is 16.2. The third kappa shape index (κ3) is 1.55. The minimum atomic E-state index is -0.00704. The van der Waals surface area contributed by atoms with Gasteiger partial charge in [-0.3, -0.25) is 9.78 Å². The predicted octanol–water partition coefficient (Wildman–Crippen LogP) is 0.898. The van der Waals surface area contributed by atoms with Crippen LogP contribution in [-0.4, -0.2) is 28.9 Å². The second-order valence-electron chi connectivity index (χ2n) is 3.61. The van der Waals surface area contributed by atoms with Crippen molar-refractivity contribution < 1.29 is 4.79 Å². The van der Waals surface area contributed by atoms with Gasteiger partial charge in [0.25, 0.3) is 5.91 Å². The van der Waals surface area contributed by atoms with Crippen LogP contribution in [0.4, 0.5) is 5.69 Å². The van der Waals surface area contributed by atoms with Crippen molar-refractivity contribution in [2.75, 3.05) is 12.8 Å². The standard InChI is InChI=1S/C10H13N3O/c1-13(7-2-3-7)10(14)8-4-5-12-6-9(8)11/h4-7H,2-3,11H2,1H3. The molecule has 74 valence electrons. The van der Waals surface area contributed by atoms with Crippen LogP contribution in [0.25, 0.3) is 0 Å². The van der Waals surface area contributed by atoms with Crippen LogP contribution < -0.4 is 5.73 Å². The highest BCUT2D eigenvalue weighted by Crippen LogP contribution is 2.27. The van der Waals surface area contributed by atoms with Gasteiger partial charge in [0.1, 0.15) is 0 Å². The van der Waals surface area contributed by atoms with Gasteiger partial charge in [-0.2, -0.15) is 0 Å². The summed E-state index contributed by atoms with van der Waals surface area (Å²) in [6.07, 6.45) is 5.30. The number of rotatable bonds is 2. The molecule has 1 aliphatic rings. The van der Waals surface area contributed by atoms with Gasteiger partial charge >= 0.3 is 0 Å². The summed E-state index contributed by atoms with van der Waals surface area (Å²) in [6, 6.07) is 2.08. The van der Waals surface area contributed by atoms with Crippen LogP contribution >= 0.6 is 0 Å². The number of nitrogen functional groups attached to an aromatic ring is 1. The molecule has 1 aromatic rings. The molecular weight excluding hydrogens is 178 g/mol. The Kier molecular flexibility index (Phi) is 2.11. The number of pyridine rings is 1. The molecule has 1 saturated carbocycles. The van der Waals surface area contributed by atoms with Crippen LogP contribution in [0, 0.1) is 0 Å². The van der Waals surface area contributed by atoms with Crippen molar-refractivity contribution in [2.24, 2.45) is 0 Å². The van der Waals surface area contributed by atoms with Crippen LogP contribution in [0.1, 0.15) is 23.2 Å². The number of carbonyl (C=O) groups excluding carboxylic acids is 1. The first-order chi connectivity index (χ1) is 6.70. The molecule has 0 saturated heterocycles. The molecule has 1 aromatic heterocycles. The summed E-state index contributed by atoms with van der Waals surface area (Å²) in [4.78, 5) is 17.5. The van der Waals surface area contributed by atoms with E-state index in [0.29, 0.717) is 17.3 Å². The average Bonchev–Trinajstić information content (AvgIpc) is 3.00. The lowest BCUT2D eigenvalue weighted by Crippen LogP contribution is -2.29. The van der Waals surface area contributed by atoms with Gasteiger partial charge in [-0.1, -0.05) is 0 Å². The molecule has 4 nitrogen and oxygen atoms in total. The Labute approximate surface area is 82.7 Å². The van der Waals surface area contributed by atoms with Crippen LogP contribution in [0.3, 0.4) is 0 Å². The molecule has 4 heteroatoms. The van der Waals surface area contributed by atoms with E-state index in [1.54, 1.807) is 17.2 Å². The van der Waals surface area contributed by atoms with Gasteiger partial charge in [-0.05, 0) is 18.9 Å². The summed E-state index contributed by atoms with van der Waals surface area (Å²) in [7, 11) is 1.82. The highest BCUT2D eigenvalue weighted by molar-refractivity contribution is 5.99. The SMILES string of the molecule is CN(C(=O)c1ccncc1N)C1CC1. The summed E-state index contributed by atoms with van der Waals surface area (Å²) in [6.45, 7) is 0. The highest BCUT2D eigenvalue weighted by Gasteiger charge is 2.30. The molecule has 0 unspecified atom stereocenters. The molecule has 0 spiro atoms. The first-order valence-corrected chi connectivity index (χ1v) is 4.67. The summed E-state index contributed by atoms with van der Waals surface area (Å²) >= 11 is 0. The van der Waals surface area contributed by atoms with Gasteiger partial charge in [0.15, 0.2) is 0 Å². The second kappa shape index (κ2) is 3.29. The maximum atomic E-state index is 11.9. The smallest absolute Gasteiger partial charge is 0.256 e. The van der Waals surface area contributed by atoms with Crippen molar-refractivity contribution in [3.8, 4) is 0 Å². The van der Waals surface area contributed by atoms with Crippen molar-refractivity contribution in [1.82, 2.24) is 9.88 Å². The monoisotopic (exact) mass is 191 g/mol. The Bertz CT molecular complexity index is 360. The molecule has 0 aliphatic heterocycles. The number of nitrogens with two attached hydrogens (primary N) is 1. The molecule has 1 heterocycles. The summed E-state index contributed by atoms with van der Waals surface area (Å²) in [5.74, 6) is -0.00704. The van der Waals surface area contributed by atoms with Crippen molar-refractivity contribution in [3.63, 3.8) is 0 Å². The minimum Gasteiger partial charge on any atom is -0.397 e. The van der Waals surface area contributed by atoms with Gasteiger partial charge in [0, 0.05) is 19.3 Å². The lowest BCUT2D eigenvalue weighted by molar-refractivity contribution is 0.0786. The normalized spacial score (nSPS) is 15.2. The van der Waals surface area contributed by atoms with Crippen LogP contribution in [0.5, 0.6) is 0 Å². The van der Waals surface area contributed by atoms with E-state index in [0.717, 1.165) is 12.8 Å². The Morgan fingerprint density at radius 3 is 2.93 bits per heavy atom. The van der Waals surface area contributed by atoms with E-state index in [4.69, 9.17) is 5.73 Å². The molecule has 14 heavy (non-hydrogen) atoms. The van der Waals surface area contributed by atoms with Crippen LogP contribution in [-0.2, 0) is 0 Å². The van der Waals surface area contributed by atoms with E-state index in [1.807, 2.05) is 7.05 Å². The molecule has 2 N–H and O–H groups in total. The number of carbonyl (C=O) groups is 1. The molecule has 0 bridgehead atoms. The van der Waals surface area contributed by atoms with Crippen LogP contribution in [0.2, 0.25) is 0 Å². The van der Waals surface area contributed by atoms with Gasteiger partial charge in [0.2, 0.25) is 0 Å². The third-order valence-electron chi connectivity index (χ3n) is 2.50. The van der Waals surface area contributed by atoms with E-state index >= 15 is 0 Å². The fourth-order valence-electron chi connectivity index (χ4n) is 1.42. The molecule has 0 aromatic carbocycles. The molecule has 2 rings (SSSR count). The third-order valence-corrected chi connectivity index (χ3v) is 2.50. The number of hydrogen-bond donors (Lipinski definition) is 1. The Morgan fingerprint density at radius 2 is 2.36 bits per heavy atom. The van der Waals surface area contributed by atoms with E-state index in [1.165, 1.54) is 6.20 Å². The van der Waals surface area contributed by atoms with Crippen molar-refractivity contribution in [3.05, 3.63) is 24.0 Å². The fraction of sp³-hybridized carbons (Fsp3) is 0.400. The predicted molar refractivity (Wildman–Crippen MR) is 53.8 cm³/mol. The van der Waals surface area contributed by atoms with Crippen molar-refractivity contribution in [2.45, 2.75) is 18.9 Å². The number of aromatic nitrogens is 1. The van der Waals surface area contributed by atoms with Crippen LogP contribution in [0.15, 0.2) is 18.5 Å². The van der Waals surface area contributed by atoms with Gasteiger partial charge in [-0.25, -0.2) is 0 Å². The van der Waals surface area contributed by atoms with Crippen molar-refractivity contribution >= 4 is 11.6 Å². The minimum absolute atomic E-state index is 0.00704. The van der Waals surface area contributed by atoms with E-state index in [2.05, 4.69) is 4.98 Å². The first kappa shape index (κ1) is 8.99. The van der Waals surface area contributed by atoms with E-state index in [9.17, 15) is 4.79 Å². The Balaban J connectivity index is 2.21. The number of anilines is 1. The quantitative estimate of drug-likeness (QED) is 0.755. The zero-order valence-corrected chi connectivity index (χ0v) is 8.10. The number of amides is 1. The molecule has 1 amide bonds. The molecule has 0 atom stereocenters. The Morgan fingerprint density at radius 1 is 1.64 bits per heavy atom. The van der Waals surface area contributed by atoms with Gasteiger partial charge in [0.05, 0.1) is 17.4 Å². The topological polar surface area (TPSA) is 59.2 Å². The fourth-order valence-corrected chi connectivity index (χ4v) is 1.42. The number of hydrogen-bond acceptors (Lipinski definition) is 3. The van der Waals surface area contributed by atoms with Gasteiger partial charge < -0.3 is 10.6 Å². The van der Waals surface area contributed by atoms with Crippen molar-refractivity contribution in [1.29, 1.82) is 0 Å². The lowest BCUT2D eigenvalue weighted by atomic mass is 10.2. The maximum absolute atomic E-state index is 11.9. The maximum Gasteiger partial charge on any atom is 0.256 e. The summed E-state index contributed by atoms with van der Waals surface area (Å²) < 4.78 is 0. The first-order valence-electron chi connectivity index (χ1n) is 4.67. The molecule has 1 aliphatic carbocycles. The largest absolute Gasteiger partial charge is 0.397 e. The second-order valence-corrected chi connectivity index (χ2v) is 3.61. The van der Waals surface area contributed by atoms with E-state index in [-0.39, 0.29) is 5.91 Å². The molecule has 1 fully saturated rings. The average molecular weight is 191 g/mol. The zero-order chi connectivity index (χ0) is 10.1. The van der Waals surface area contributed by atoms with E-state index < -0.39 is 0 Å². The summed E-state index contributed by atoms with van der Waals surface area (Å²) in [5, 5.41) is 0.